The van der Waals surface area contributed by atoms with Crippen LogP contribution in [0.1, 0.15) is 29.8 Å². The Morgan fingerprint density at radius 2 is 1.78 bits per heavy atom. The summed E-state index contributed by atoms with van der Waals surface area (Å²) in [4.78, 5) is 14.4. The first kappa shape index (κ1) is 20.9. The third-order valence-corrected chi connectivity index (χ3v) is 4.24. The van der Waals surface area contributed by atoms with Crippen molar-refractivity contribution in [3.63, 3.8) is 0 Å². The van der Waals surface area contributed by atoms with Crippen LogP contribution in [0.3, 0.4) is 0 Å². The monoisotopic (exact) mass is 391 g/mol. The Hall–Kier alpha value is -2.40. The third kappa shape index (κ3) is 5.54. The summed E-state index contributed by atoms with van der Waals surface area (Å²) in [6, 6.07) is 10.9. The van der Waals surface area contributed by atoms with Gasteiger partial charge in [0.25, 0.3) is 5.91 Å². The summed E-state index contributed by atoms with van der Waals surface area (Å²) in [7, 11) is 4.90. The molecule has 0 fully saturated rings. The molecule has 0 aliphatic heterocycles. The van der Waals surface area contributed by atoms with Crippen LogP contribution in [-0.2, 0) is 6.54 Å². The minimum atomic E-state index is -0.151. The molecule has 0 aliphatic rings. The summed E-state index contributed by atoms with van der Waals surface area (Å²) >= 11 is 6.35. The molecule has 0 N–H and O–H groups in total. The van der Waals surface area contributed by atoms with Crippen LogP contribution < -0.4 is 14.2 Å². The lowest BCUT2D eigenvalue weighted by Crippen LogP contribution is -2.26. The quantitative estimate of drug-likeness (QED) is 0.656. The van der Waals surface area contributed by atoms with Crippen LogP contribution >= 0.6 is 11.6 Å². The van der Waals surface area contributed by atoms with Crippen molar-refractivity contribution in [2.75, 3.05) is 27.9 Å². The highest BCUT2D eigenvalue weighted by Gasteiger charge is 2.19. The van der Waals surface area contributed by atoms with Gasteiger partial charge in [0.2, 0.25) is 0 Å². The van der Waals surface area contributed by atoms with Gasteiger partial charge >= 0.3 is 0 Å². The fourth-order valence-corrected chi connectivity index (χ4v) is 2.80. The Morgan fingerprint density at radius 1 is 1.11 bits per heavy atom. The van der Waals surface area contributed by atoms with Gasteiger partial charge in [-0.15, -0.1) is 0 Å². The molecular weight excluding hydrogens is 366 g/mol. The minimum Gasteiger partial charge on any atom is -0.497 e. The summed E-state index contributed by atoms with van der Waals surface area (Å²) in [5, 5.41) is 0.358. The fraction of sp³-hybridized carbons (Fsp3) is 0.381. The van der Waals surface area contributed by atoms with Gasteiger partial charge in [0.15, 0.2) is 11.5 Å². The summed E-state index contributed by atoms with van der Waals surface area (Å²) in [5.74, 6) is 1.89. The lowest BCUT2D eigenvalue weighted by molar-refractivity contribution is 0.0784. The van der Waals surface area contributed by atoms with E-state index in [1.54, 1.807) is 31.2 Å². The summed E-state index contributed by atoms with van der Waals surface area (Å²) in [6.07, 6.45) is 0. The summed E-state index contributed by atoms with van der Waals surface area (Å²) in [6.45, 7) is 5.08. The van der Waals surface area contributed by atoms with Gasteiger partial charge < -0.3 is 19.1 Å². The van der Waals surface area contributed by atoms with E-state index in [0.717, 1.165) is 11.3 Å². The van der Waals surface area contributed by atoms with Crippen molar-refractivity contribution in [2.45, 2.75) is 20.4 Å². The maximum Gasteiger partial charge on any atom is 0.254 e. The third-order valence-electron chi connectivity index (χ3n) is 3.96. The zero-order valence-corrected chi connectivity index (χ0v) is 17.2. The number of halogens is 1. The largest absolute Gasteiger partial charge is 0.497 e. The average Bonchev–Trinajstić information content (AvgIpc) is 2.66. The Labute approximate surface area is 165 Å². The van der Waals surface area contributed by atoms with E-state index in [-0.39, 0.29) is 5.91 Å². The number of rotatable bonds is 8. The molecule has 2 aromatic carbocycles. The topological polar surface area (TPSA) is 48.0 Å². The molecule has 0 atom stereocenters. The van der Waals surface area contributed by atoms with Crippen LogP contribution in [0, 0.1) is 5.92 Å². The maximum absolute atomic E-state index is 12.8. The Kier molecular flexibility index (Phi) is 7.36. The van der Waals surface area contributed by atoms with Gasteiger partial charge in [-0.05, 0) is 35.7 Å². The highest BCUT2D eigenvalue weighted by atomic mass is 35.5. The first-order chi connectivity index (χ1) is 12.8. The van der Waals surface area contributed by atoms with Gasteiger partial charge in [0.05, 0.1) is 25.8 Å². The van der Waals surface area contributed by atoms with Gasteiger partial charge in [0.1, 0.15) is 5.75 Å². The second kappa shape index (κ2) is 9.51. The van der Waals surface area contributed by atoms with Crippen molar-refractivity contribution in [1.29, 1.82) is 0 Å². The van der Waals surface area contributed by atoms with Gasteiger partial charge in [-0.2, -0.15) is 0 Å². The second-order valence-corrected chi connectivity index (χ2v) is 7.11. The van der Waals surface area contributed by atoms with Crippen molar-refractivity contribution < 1.29 is 19.0 Å². The lowest BCUT2D eigenvalue weighted by Gasteiger charge is -2.19. The molecule has 0 unspecified atom stereocenters. The molecule has 0 aliphatic carbocycles. The molecule has 0 saturated carbocycles. The zero-order valence-electron chi connectivity index (χ0n) is 16.4. The van der Waals surface area contributed by atoms with E-state index in [0.29, 0.717) is 41.2 Å². The van der Waals surface area contributed by atoms with Gasteiger partial charge in [-0.3, -0.25) is 4.79 Å². The minimum absolute atomic E-state index is 0.151. The van der Waals surface area contributed by atoms with Crippen molar-refractivity contribution in [3.8, 4) is 17.2 Å². The Bertz CT molecular complexity index is 774. The van der Waals surface area contributed by atoms with Crippen molar-refractivity contribution in [3.05, 3.63) is 52.5 Å². The van der Waals surface area contributed by atoms with E-state index >= 15 is 0 Å². The van der Waals surface area contributed by atoms with Crippen LogP contribution in [0.15, 0.2) is 36.4 Å². The van der Waals surface area contributed by atoms with E-state index in [2.05, 4.69) is 0 Å². The molecule has 6 heteroatoms. The molecule has 0 bridgehead atoms. The molecule has 2 aromatic rings. The Balaban J connectivity index is 2.17. The number of methoxy groups -OCH3 is 2. The van der Waals surface area contributed by atoms with E-state index < -0.39 is 0 Å². The van der Waals surface area contributed by atoms with Crippen LogP contribution in [0.4, 0.5) is 0 Å². The zero-order chi connectivity index (χ0) is 20.0. The SMILES string of the molecule is COc1ccc(CN(C)C(=O)c2cc(Cl)c(OCC(C)C)c(OC)c2)cc1. The molecule has 27 heavy (non-hydrogen) atoms. The predicted octanol–water partition coefficient (Wildman–Crippen LogP) is 4.66. The maximum atomic E-state index is 12.8. The first-order valence-corrected chi connectivity index (χ1v) is 9.12. The summed E-state index contributed by atoms with van der Waals surface area (Å²) < 4.78 is 16.3. The molecule has 0 aromatic heterocycles. The van der Waals surface area contributed by atoms with Crippen LogP contribution in [0.5, 0.6) is 17.2 Å². The smallest absolute Gasteiger partial charge is 0.254 e. The molecule has 1 amide bonds. The van der Waals surface area contributed by atoms with Crippen LogP contribution in [0.25, 0.3) is 0 Å². The number of carbonyl (C=O) groups excluding carboxylic acids is 1. The number of ether oxygens (including phenoxy) is 3. The number of carbonyl (C=O) groups is 1. The van der Waals surface area contributed by atoms with Crippen LogP contribution in [-0.4, -0.2) is 38.7 Å². The van der Waals surface area contributed by atoms with Crippen molar-refractivity contribution >= 4 is 17.5 Å². The number of hydrogen-bond donors (Lipinski definition) is 0. The number of benzene rings is 2. The average molecular weight is 392 g/mol. The second-order valence-electron chi connectivity index (χ2n) is 6.70. The summed E-state index contributed by atoms with van der Waals surface area (Å²) in [5.41, 5.74) is 1.45. The van der Waals surface area contributed by atoms with Crippen molar-refractivity contribution in [2.24, 2.45) is 5.92 Å². The highest BCUT2D eigenvalue weighted by molar-refractivity contribution is 6.32. The van der Waals surface area contributed by atoms with Gasteiger partial charge in [0, 0.05) is 19.2 Å². The van der Waals surface area contributed by atoms with Gasteiger partial charge in [-0.25, -0.2) is 0 Å². The molecule has 0 saturated heterocycles. The fourth-order valence-electron chi connectivity index (χ4n) is 2.53. The van der Waals surface area contributed by atoms with E-state index in [9.17, 15) is 4.79 Å². The number of amides is 1. The lowest BCUT2D eigenvalue weighted by atomic mass is 10.1. The molecule has 146 valence electrons. The molecule has 5 nitrogen and oxygen atoms in total. The number of nitrogens with zero attached hydrogens (tertiary/aromatic N) is 1. The normalized spacial score (nSPS) is 10.6. The highest BCUT2D eigenvalue weighted by Crippen LogP contribution is 2.37. The van der Waals surface area contributed by atoms with Crippen molar-refractivity contribution in [1.82, 2.24) is 4.90 Å². The first-order valence-electron chi connectivity index (χ1n) is 8.74. The molecule has 0 heterocycles. The molecule has 0 spiro atoms. The molecular formula is C21H26ClNO4. The number of hydrogen-bond acceptors (Lipinski definition) is 4. The van der Waals surface area contributed by atoms with Gasteiger partial charge in [-0.1, -0.05) is 37.6 Å². The molecule has 2 rings (SSSR count). The Morgan fingerprint density at radius 3 is 2.33 bits per heavy atom. The van der Waals surface area contributed by atoms with Crippen LogP contribution in [0.2, 0.25) is 5.02 Å². The van der Waals surface area contributed by atoms with E-state index in [1.165, 1.54) is 7.11 Å². The predicted molar refractivity (Wildman–Crippen MR) is 107 cm³/mol. The molecule has 0 radical (unpaired) electrons. The van der Waals surface area contributed by atoms with E-state index in [4.69, 9.17) is 25.8 Å². The standard InChI is InChI=1S/C21H26ClNO4/c1-14(2)13-27-20-18(22)10-16(11-19(20)26-5)21(24)23(3)12-15-6-8-17(25-4)9-7-15/h6-11,14H,12-13H2,1-5H3. The van der Waals surface area contributed by atoms with E-state index in [1.807, 2.05) is 38.1 Å².